The molecule has 6 heteroatoms. The van der Waals surface area contributed by atoms with Gasteiger partial charge in [0.2, 0.25) is 0 Å². The van der Waals surface area contributed by atoms with Crippen LogP contribution in [0.3, 0.4) is 0 Å². The molecule has 1 aromatic carbocycles. The topological polar surface area (TPSA) is 50.2 Å². The summed E-state index contributed by atoms with van der Waals surface area (Å²) < 4.78 is 0. The fourth-order valence-corrected chi connectivity index (χ4v) is 2.13. The summed E-state index contributed by atoms with van der Waals surface area (Å²) >= 11 is 17.6. The molecule has 0 amide bonds. The van der Waals surface area contributed by atoms with Crippen molar-refractivity contribution in [2.24, 2.45) is 0 Å². The van der Waals surface area contributed by atoms with Gasteiger partial charge in [0.15, 0.2) is 5.69 Å². The minimum absolute atomic E-state index is 0.0799. The monoisotopic (exact) mass is 301 g/mol. The Hall–Kier alpha value is -1.29. The molecule has 0 atom stereocenters. The summed E-state index contributed by atoms with van der Waals surface area (Å²) in [6, 6.07) is 7.96. The quantitative estimate of drug-likeness (QED) is 0.894. The van der Waals surface area contributed by atoms with Crippen molar-refractivity contribution in [2.75, 3.05) is 0 Å². The summed E-state index contributed by atoms with van der Waals surface area (Å²) in [6.07, 6.45) is 0. The molecule has 0 fully saturated rings. The first kappa shape index (κ1) is 13.1. The Bertz CT molecular complexity index is 629. The maximum Gasteiger partial charge on any atom is 0.356 e. The van der Waals surface area contributed by atoms with Gasteiger partial charge in [-0.3, -0.25) is 0 Å². The SMILES string of the molecule is O=C(O)c1nc(-c2ccc(Cl)cc2Cl)ccc1Cl. The lowest BCUT2D eigenvalue weighted by molar-refractivity contribution is 0.0691. The summed E-state index contributed by atoms with van der Waals surface area (Å²) in [5.41, 5.74) is 0.818. The first-order valence-electron chi connectivity index (χ1n) is 4.84. The molecule has 0 aliphatic carbocycles. The summed E-state index contributed by atoms with van der Waals surface area (Å²) in [6.45, 7) is 0. The fraction of sp³-hybridized carbons (Fsp3) is 0. The molecular formula is C12H6Cl3NO2. The highest BCUT2D eigenvalue weighted by molar-refractivity contribution is 6.36. The highest BCUT2D eigenvalue weighted by Gasteiger charge is 2.13. The minimum Gasteiger partial charge on any atom is -0.476 e. The second kappa shape index (κ2) is 5.14. The van der Waals surface area contributed by atoms with E-state index in [1.807, 2.05) is 0 Å². The Morgan fingerprint density at radius 3 is 2.39 bits per heavy atom. The van der Waals surface area contributed by atoms with Gasteiger partial charge in [0.05, 0.1) is 15.7 Å². The zero-order valence-electron chi connectivity index (χ0n) is 8.82. The Balaban J connectivity index is 2.58. The highest BCUT2D eigenvalue weighted by atomic mass is 35.5. The Morgan fingerprint density at radius 1 is 1.06 bits per heavy atom. The van der Waals surface area contributed by atoms with Crippen LogP contribution in [0.2, 0.25) is 15.1 Å². The lowest BCUT2D eigenvalue weighted by Gasteiger charge is -2.06. The zero-order valence-corrected chi connectivity index (χ0v) is 11.1. The minimum atomic E-state index is -1.19. The van der Waals surface area contributed by atoms with Gasteiger partial charge in [-0.15, -0.1) is 0 Å². The molecule has 0 aliphatic rings. The number of carboxylic acid groups (broad SMARTS) is 1. The first-order valence-corrected chi connectivity index (χ1v) is 5.97. The zero-order chi connectivity index (χ0) is 13.3. The molecule has 0 saturated heterocycles. The van der Waals surface area contributed by atoms with Crippen LogP contribution in [0.15, 0.2) is 30.3 Å². The van der Waals surface area contributed by atoms with Crippen molar-refractivity contribution in [3.05, 3.63) is 51.1 Å². The molecule has 0 bridgehead atoms. The molecule has 0 saturated carbocycles. The summed E-state index contributed by atoms with van der Waals surface area (Å²) in [5, 5.41) is 9.92. The van der Waals surface area contributed by atoms with Crippen LogP contribution in [0, 0.1) is 0 Å². The molecule has 0 unspecified atom stereocenters. The Morgan fingerprint density at radius 2 is 1.78 bits per heavy atom. The smallest absolute Gasteiger partial charge is 0.356 e. The van der Waals surface area contributed by atoms with Crippen molar-refractivity contribution < 1.29 is 9.90 Å². The number of hydrogen-bond acceptors (Lipinski definition) is 2. The van der Waals surface area contributed by atoms with Gasteiger partial charge in [0, 0.05) is 10.6 Å². The summed E-state index contributed by atoms with van der Waals surface area (Å²) in [4.78, 5) is 14.9. The number of benzene rings is 1. The number of halogens is 3. The van der Waals surface area contributed by atoms with E-state index in [1.165, 1.54) is 6.07 Å². The number of aromatic nitrogens is 1. The Labute approximate surface area is 118 Å². The third kappa shape index (κ3) is 2.58. The fourth-order valence-electron chi connectivity index (χ4n) is 1.44. The van der Waals surface area contributed by atoms with Crippen molar-refractivity contribution in [1.82, 2.24) is 4.98 Å². The predicted molar refractivity (Wildman–Crippen MR) is 71.7 cm³/mol. The summed E-state index contributed by atoms with van der Waals surface area (Å²) in [7, 11) is 0. The number of rotatable bonds is 2. The lowest BCUT2D eigenvalue weighted by Crippen LogP contribution is -2.02. The van der Waals surface area contributed by atoms with Gasteiger partial charge in [0.1, 0.15) is 0 Å². The third-order valence-electron chi connectivity index (χ3n) is 2.26. The number of nitrogens with zero attached hydrogens (tertiary/aromatic N) is 1. The van der Waals surface area contributed by atoms with E-state index in [-0.39, 0.29) is 10.7 Å². The number of pyridine rings is 1. The van der Waals surface area contributed by atoms with Crippen LogP contribution < -0.4 is 0 Å². The second-order valence-electron chi connectivity index (χ2n) is 3.46. The van der Waals surface area contributed by atoms with E-state index in [1.54, 1.807) is 24.3 Å². The average molecular weight is 303 g/mol. The van der Waals surface area contributed by atoms with Crippen LogP contribution in [-0.2, 0) is 0 Å². The molecule has 1 heterocycles. The van der Waals surface area contributed by atoms with Crippen LogP contribution >= 0.6 is 34.8 Å². The van der Waals surface area contributed by atoms with Crippen molar-refractivity contribution in [2.45, 2.75) is 0 Å². The van der Waals surface area contributed by atoms with Crippen LogP contribution in [0.25, 0.3) is 11.3 Å². The molecule has 1 N–H and O–H groups in total. The molecule has 1 aromatic heterocycles. The molecule has 0 radical (unpaired) electrons. The van der Waals surface area contributed by atoms with Crippen molar-refractivity contribution in [1.29, 1.82) is 0 Å². The van der Waals surface area contributed by atoms with Crippen LogP contribution in [0.5, 0.6) is 0 Å². The second-order valence-corrected chi connectivity index (χ2v) is 4.71. The van der Waals surface area contributed by atoms with Crippen molar-refractivity contribution in [3.63, 3.8) is 0 Å². The van der Waals surface area contributed by atoms with Gasteiger partial charge in [0.25, 0.3) is 0 Å². The van der Waals surface area contributed by atoms with E-state index in [9.17, 15) is 4.79 Å². The molecule has 0 aliphatic heterocycles. The van der Waals surface area contributed by atoms with Crippen molar-refractivity contribution >= 4 is 40.8 Å². The van der Waals surface area contributed by atoms with Gasteiger partial charge >= 0.3 is 5.97 Å². The van der Waals surface area contributed by atoms with Gasteiger partial charge < -0.3 is 5.11 Å². The molecule has 2 aromatic rings. The lowest BCUT2D eigenvalue weighted by atomic mass is 10.1. The van der Waals surface area contributed by atoms with Gasteiger partial charge in [-0.2, -0.15) is 0 Å². The molecule has 18 heavy (non-hydrogen) atoms. The predicted octanol–water partition coefficient (Wildman–Crippen LogP) is 4.41. The van der Waals surface area contributed by atoms with E-state index < -0.39 is 5.97 Å². The summed E-state index contributed by atoms with van der Waals surface area (Å²) in [5.74, 6) is -1.19. The third-order valence-corrected chi connectivity index (χ3v) is 3.11. The number of aromatic carboxylic acids is 1. The molecule has 0 spiro atoms. The van der Waals surface area contributed by atoms with E-state index in [0.717, 1.165) is 0 Å². The number of hydrogen-bond donors (Lipinski definition) is 1. The maximum atomic E-state index is 10.9. The van der Waals surface area contributed by atoms with Crippen molar-refractivity contribution in [3.8, 4) is 11.3 Å². The van der Waals surface area contributed by atoms with Crippen LogP contribution in [-0.4, -0.2) is 16.1 Å². The normalized spacial score (nSPS) is 10.4. The number of carboxylic acids is 1. The van der Waals surface area contributed by atoms with E-state index in [2.05, 4.69) is 4.98 Å². The number of carbonyl (C=O) groups is 1. The van der Waals surface area contributed by atoms with Gasteiger partial charge in [-0.1, -0.05) is 34.8 Å². The van der Waals surface area contributed by atoms with Gasteiger partial charge in [-0.25, -0.2) is 9.78 Å². The van der Waals surface area contributed by atoms with E-state index in [4.69, 9.17) is 39.9 Å². The van der Waals surface area contributed by atoms with Crippen LogP contribution in [0.4, 0.5) is 0 Å². The first-order chi connectivity index (χ1) is 8.49. The highest BCUT2D eigenvalue weighted by Crippen LogP contribution is 2.30. The molecule has 92 valence electrons. The Kier molecular flexibility index (Phi) is 3.76. The van der Waals surface area contributed by atoms with E-state index >= 15 is 0 Å². The van der Waals surface area contributed by atoms with Crippen LogP contribution in [0.1, 0.15) is 10.5 Å². The molecule has 2 rings (SSSR count). The largest absolute Gasteiger partial charge is 0.476 e. The maximum absolute atomic E-state index is 10.9. The molecule has 3 nitrogen and oxygen atoms in total. The standard InChI is InChI=1S/C12H6Cl3NO2/c13-6-1-2-7(9(15)5-6)10-4-3-8(14)11(16-10)12(17)18/h1-5H,(H,17,18). The van der Waals surface area contributed by atoms with Gasteiger partial charge in [-0.05, 0) is 30.3 Å². The average Bonchev–Trinajstić information content (AvgIpc) is 2.30. The van der Waals surface area contributed by atoms with E-state index in [0.29, 0.717) is 21.3 Å². The molecular weight excluding hydrogens is 296 g/mol.